The molecule has 3 rings (SSSR count). The zero-order valence-corrected chi connectivity index (χ0v) is 12.9. The molecule has 2 aromatic rings. The number of amides is 1. The molecule has 0 spiro atoms. The van der Waals surface area contributed by atoms with Gasteiger partial charge in [0.05, 0.1) is 0 Å². The van der Waals surface area contributed by atoms with E-state index in [1.807, 2.05) is 36.4 Å². The lowest BCUT2D eigenvalue weighted by molar-refractivity contribution is 0.0762. The summed E-state index contributed by atoms with van der Waals surface area (Å²) >= 11 is 4.97. The fourth-order valence-corrected chi connectivity index (χ4v) is 3.23. The van der Waals surface area contributed by atoms with Gasteiger partial charge in [0.25, 0.3) is 5.91 Å². The molecule has 2 atom stereocenters. The molecular formula is C18H17NO2S. The number of hydrogen-bond acceptors (Lipinski definition) is 2. The molecule has 0 bridgehead atoms. The maximum atomic E-state index is 12.7. The van der Waals surface area contributed by atoms with Crippen molar-refractivity contribution < 1.29 is 9.90 Å². The van der Waals surface area contributed by atoms with Crippen LogP contribution in [0.2, 0.25) is 0 Å². The summed E-state index contributed by atoms with van der Waals surface area (Å²) in [5.41, 5.74) is 1.80. The molecule has 1 aliphatic rings. The SMILES string of the molecule is O=C(c1ccccc1)N1C[C@@H](c2ccccc2)C[C@H]1C(O)=S. The van der Waals surface area contributed by atoms with Crippen LogP contribution in [0.5, 0.6) is 0 Å². The quantitative estimate of drug-likeness (QED) is 0.881. The fraction of sp³-hybridized carbons (Fsp3) is 0.222. The summed E-state index contributed by atoms with van der Waals surface area (Å²) in [5.74, 6) is 0.115. The number of aliphatic hydroxyl groups is 1. The van der Waals surface area contributed by atoms with E-state index < -0.39 is 6.04 Å². The van der Waals surface area contributed by atoms with E-state index >= 15 is 0 Å². The third-order valence-electron chi connectivity index (χ3n) is 4.14. The van der Waals surface area contributed by atoms with Crippen LogP contribution in [0.4, 0.5) is 0 Å². The van der Waals surface area contributed by atoms with Gasteiger partial charge in [0.15, 0.2) is 5.05 Å². The maximum Gasteiger partial charge on any atom is 0.254 e. The van der Waals surface area contributed by atoms with Crippen LogP contribution in [0, 0.1) is 0 Å². The predicted octanol–water partition coefficient (Wildman–Crippen LogP) is 3.57. The molecule has 112 valence electrons. The first-order chi connectivity index (χ1) is 10.7. The van der Waals surface area contributed by atoms with Crippen molar-refractivity contribution in [3.63, 3.8) is 0 Å². The first kappa shape index (κ1) is 14.7. The van der Waals surface area contributed by atoms with E-state index in [-0.39, 0.29) is 16.9 Å². The number of likely N-dealkylation sites (tertiary alicyclic amines) is 1. The van der Waals surface area contributed by atoms with E-state index in [1.165, 1.54) is 5.56 Å². The van der Waals surface area contributed by atoms with Crippen LogP contribution in [0.25, 0.3) is 0 Å². The Hall–Kier alpha value is -2.20. The highest BCUT2D eigenvalue weighted by molar-refractivity contribution is 7.80. The Balaban J connectivity index is 1.86. The average molecular weight is 311 g/mol. The van der Waals surface area contributed by atoms with Crippen LogP contribution in [-0.4, -0.2) is 33.6 Å². The molecule has 22 heavy (non-hydrogen) atoms. The van der Waals surface area contributed by atoms with Crippen molar-refractivity contribution in [2.24, 2.45) is 0 Å². The van der Waals surface area contributed by atoms with Crippen LogP contribution in [0.15, 0.2) is 60.7 Å². The van der Waals surface area contributed by atoms with Gasteiger partial charge in [-0.25, -0.2) is 0 Å². The van der Waals surface area contributed by atoms with Gasteiger partial charge < -0.3 is 10.0 Å². The van der Waals surface area contributed by atoms with E-state index in [0.29, 0.717) is 18.5 Å². The van der Waals surface area contributed by atoms with Gasteiger partial charge in [-0.15, -0.1) is 0 Å². The van der Waals surface area contributed by atoms with Gasteiger partial charge in [-0.1, -0.05) is 48.5 Å². The summed E-state index contributed by atoms with van der Waals surface area (Å²) in [5, 5.41) is 9.71. The van der Waals surface area contributed by atoms with Crippen molar-refractivity contribution in [3.05, 3.63) is 71.8 Å². The second-order valence-electron chi connectivity index (χ2n) is 5.52. The van der Waals surface area contributed by atoms with E-state index in [4.69, 9.17) is 12.2 Å². The van der Waals surface area contributed by atoms with Crippen LogP contribution in [0.1, 0.15) is 28.3 Å². The Morgan fingerprint density at radius 3 is 2.23 bits per heavy atom. The highest BCUT2D eigenvalue weighted by Crippen LogP contribution is 2.33. The summed E-state index contributed by atoms with van der Waals surface area (Å²) in [6.45, 7) is 0.573. The van der Waals surface area contributed by atoms with Crippen molar-refractivity contribution in [3.8, 4) is 0 Å². The van der Waals surface area contributed by atoms with E-state index in [9.17, 15) is 9.90 Å². The highest BCUT2D eigenvalue weighted by Gasteiger charge is 2.38. The number of carbonyl (C=O) groups is 1. The summed E-state index contributed by atoms with van der Waals surface area (Å²) < 4.78 is 0. The Labute approximate surface area is 135 Å². The second-order valence-corrected chi connectivity index (χ2v) is 5.94. The van der Waals surface area contributed by atoms with Crippen LogP contribution < -0.4 is 0 Å². The van der Waals surface area contributed by atoms with Crippen molar-refractivity contribution in [2.45, 2.75) is 18.4 Å². The van der Waals surface area contributed by atoms with Gasteiger partial charge in [-0.3, -0.25) is 4.79 Å². The van der Waals surface area contributed by atoms with Gasteiger partial charge >= 0.3 is 0 Å². The van der Waals surface area contributed by atoms with E-state index in [1.54, 1.807) is 17.0 Å². The highest BCUT2D eigenvalue weighted by atomic mass is 32.1. The Morgan fingerprint density at radius 2 is 1.64 bits per heavy atom. The Morgan fingerprint density at radius 1 is 1.05 bits per heavy atom. The summed E-state index contributed by atoms with van der Waals surface area (Å²) in [6, 6.07) is 18.8. The maximum absolute atomic E-state index is 12.7. The number of benzene rings is 2. The smallest absolute Gasteiger partial charge is 0.254 e. The molecule has 0 radical (unpaired) electrons. The molecule has 1 amide bonds. The number of nitrogens with zero attached hydrogens (tertiary/aromatic N) is 1. The minimum atomic E-state index is -0.395. The molecule has 0 saturated carbocycles. The van der Waals surface area contributed by atoms with Crippen LogP contribution in [0.3, 0.4) is 0 Å². The van der Waals surface area contributed by atoms with Gasteiger partial charge in [0.2, 0.25) is 0 Å². The van der Waals surface area contributed by atoms with Crippen LogP contribution >= 0.6 is 12.2 Å². The average Bonchev–Trinajstić information content (AvgIpc) is 3.01. The number of thiocarbonyl (C=S) groups is 1. The number of hydrogen-bond donors (Lipinski definition) is 1. The molecule has 1 N–H and O–H groups in total. The minimum absolute atomic E-state index is 0.0829. The topological polar surface area (TPSA) is 40.5 Å². The molecule has 3 nitrogen and oxygen atoms in total. The van der Waals surface area contributed by atoms with Crippen LogP contribution in [-0.2, 0) is 0 Å². The van der Waals surface area contributed by atoms with Gasteiger partial charge in [-0.2, -0.15) is 0 Å². The zero-order valence-electron chi connectivity index (χ0n) is 12.1. The molecular weight excluding hydrogens is 294 g/mol. The molecule has 2 aromatic carbocycles. The lowest BCUT2D eigenvalue weighted by atomic mass is 9.97. The second kappa shape index (κ2) is 6.28. The third-order valence-corrected chi connectivity index (χ3v) is 4.41. The fourth-order valence-electron chi connectivity index (χ4n) is 3.01. The molecule has 0 aromatic heterocycles. The third kappa shape index (κ3) is 2.88. The Bertz CT molecular complexity index is 672. The lowest BCUT2D eigenvalue weighted by Crippen LogP contribution is -2.39. The lowest BCUT2D eigenvalue weighted by Gasteiger charge is -2.23. The Kier molecular flexibility index (Phi) is 4.20. The standard InChI is InChI=1S/C18H17NO2S/c20-17(14-9-5-2-6-10-14)19-12-15(11-16(19)18(21)22)13-7-3-1-4-8-13/h1-10,15-16H,11-12H2,(H,21,22)/t15-,16-/m0/s1. The molecule has 0 unspecified atom stereocenters. The van der Waals surface area contributed by atoms with Crippen molar-refractivity contribution in [2.75, 3.05) is 6.54 Å². The van der Waals surface area contributed by atoms with Gasteiger partial charge in [0, 0.05) is 18.0 Å². The predicted molar refractivity (Wildman–Crippen MR) is 90.3 cm³/mol. The minimum Gasteiger partial charge on any atom is -0.500 e. The van der Waals surface area contributed by atoms with Gasteiger partial charge in [-0.05, 0) is 36.3 Å². The van der Waals surface area contributed by atoms with Gasteiger partial charge in [0.1, 0.15) is 6.04 Å². The first-order valence-corrected chi connectivity index (χ1v) is 7.71. The zero-order chi connectivity index (χ0) is 15.5. The monoisotopic (exact) mass is 311 g/mol. The first-order valence-electron chi connectivity index (χ1n) is 7.30. The molecule has 0 aliphatic carbocycles. The molecule has 1 heterocycles. The van der Waals surface area contributed by atoms with Crippen molar-refractivity contribution in [1.29, 1.82) is 0 Å². The normalized spacial score (nSPS) is 20.8. The number of rotatable bonds is 3. The van der Waals surface area contributed by atoms with Crippen molar-refractivity contribution >= 4 is 23.2 Å². The number of aliphatic hydroxyl groups excluding tert-OH is 1. The molecule has 1 fully saturated rings. The van der Waals surface area contributed by atoms with Crippen molar-refractivity contribution in [1.82, 2.24) is 4.90 Å². The molecule has 1 saturated heterocycles. The molecule has 4 heteroatoms. The summed E-state index contributed by atoms with van der Waals surface area (Å²) in [6.07, 6.45) is 0.665. The van der Waals surface area contributed by atoms with E-state index in [2.05, 4.69) is 12.1 Å². The largest absolute Gasteiger partial charge is 0.500 e. The summed E-state index contributed by atoms with van der Waals surface area (Å²) in [4.78, 5) is 14.4. The van der Waals surface area contributed by atoms with E-state index in [0.717, 1.165) is 0 Å². The number of carbonyl (C=O) groups excluding carboxylic acids is 1. The molecule has 1 aliphatic heterocycles. The summed E-state index contributed by atoms with van der Waals surface area (Å²) in [7, 11) is 0.